The third kappa shape index (κ3) is 1.83. The van der Waals surface area contributed by atoms with Crippen LogP contribution in [0.25, 0.3) is 0 Å². The number of hydrogen-bond acceptors (Lipinski definition) is 2. The Labute approximate surface area is 90.6 Å². The fraction of sp³-hybridized carbons (Fsp3) is 0.444. The maximum absolute atomic E-state index is 11.8. The molecule has 1 aromatic rings. The van der Waals surface area contributed by atoms with E-state index in [1.165, 1.54) is 0 Å². The van der Waals surface area contributed by atoms with Gasteiger partial charge in [0.15, 0.2) is 0 Å². The van der Waals surface area contributed by atoms with Crippen molar-refractivity contribution in [2.75, 3.05) is 13.1 Å². The highest BCUT2D eigenvalue weighted by Gasteiger charge is 2.24. The third-order valence-electron chi connectivity index (χ3n) is 2.41. The third-order valence-corrected chi connectivity index (χ3v) is 2.86. The Morgan fingerprint density at radius 3 is 3.00 bits per heavy atom. The van der Waals surface area contributed by atoms with Crippen LogP contribution in [0.5, 0.6) is 0 Å². The van der Waals surface area contributed by atoms with E-state index in [0.717, 1.165) is 17.6 Å². The molecule has 2 rings (SSSR count). The van der Waals surface area contributed by atoms with Gasteiger partial charge in [0.05, 0.1) is 10.2 Å². The van der Waals surface area contributed by atoms with Crippen LogP contribution in [0.15, 0.2) is 16.9 Å². The van der Waals surface area contributed by atoms with Crippen LogP contribution in [0.4, 0.5) is 0 Å². The molecule has 2 heterocycles. The average Bonchev–Trinajstić information content (AvgIpc) is 2.73. The summed E-state index contributed by atoms with van der Waals surface area (Å²) in [7, 11) is 0. The zero-order valence-electron chi connectivity index (χ0n) is 7.66. The van der Waals surface area contributed by atoms with E-state index < -0.39 is 0 Å². The van der Waals surface area contributed by atoms with E-state index in [-0.39, 0.29) is 11.9 Å². The molecule has 5 heteroatoms. The van der Waals surface area contributed by atoms with Crippen molar-refractivity contribution in [2.24, 2.45) is 5.73 Å². The first kappa shape index (κ1) is 9.73. The monoisotopic (exact) mass is 257 g/mol. The number of nitrogens with zero attached hydrogens (tertiary/aromatic N) is 1. The average molecular weight is 258 g/mol. The number of carbonyl (C=O) groups is 1. The first-order valence-corrected chi connectivity index (χ1v) is 5.35. The zero-order chi connectivity index (χ0) is 10.1. The van der Waals surface area contributed by atoms with Gasteiger partial charge < -0.3 is 15.6 Å². The summed E-state index contributed by atoms with van der Waals surface area (Å²) >= 11 is 3.27. The number of nitrogens with one attached hydrogen (secondary N) is 1. The molecule has 1 fully saturated rings. The first-order chi connectivity index (χ1) is 6.66. The predicted molar refractivity (Wildman–Crippen MR) is 57.0 cm³/mol. The molecule has 4 nitrogen and oxygen atoms in total. The van der Waals surface area contributed by atoms with E-state index in [1.54, 1.807) is 17.2 Å². The Morgan fingerprint density at radius 1 is 1.71 bits per heavy atom. The number of rotatable bonds is 1. The minimum atomic E-state index is 0.0555. The van der Waals surface area contributed by atoms with Crippen LogP contribution in [-0.4, -0.2) is 34.9 Å². The van der Waals surface area contributed by atoms with Crippen molar-refractivity contribution < 1.29 is 4.79 Å². The molecule has 0 saturated carbocycles. The van der Waals surface area contributed by atoms with Gasteiger partial charge in [0, 0.05) is 25.3 Å². The van der Waals surface area contributed by atoms with Gasteiger partial charge in [-0.05, 0) is 28.4 Å². The summed E-state index contributed by atoms with van der Waals surface area (Å²) in [6, 6.07) is 1.92. The van der Waals surface area contributed by atoms with E-state index in [0.29, 0.717) is 12.1 Å². The van der Waals surface area contributed by atoms with Crippen LogP contribution in [0.3, 0.4) is 0 Å². The van der Waals surface area contributed by atoms with E-state index >= 15 is 0 Å². The van der Waals surface area contributed by atoms with Crippen molar-refractivity contribution in [1.29, 1.82) is 0 Å². The number of aromatic amines is 1. The van der Waals surface area contributed by atoms with Gasteiger partial charge in [-0.3, -0.25) is 4.79 Å². The molecule has 0 aliphatic carbocycles. The van der Waals surface area contributed by atoms with Crippen molar-refractivity contribution >= 4 is 21.8 Å². The number of nitrogens with two attached hydrogens (primary N) is 1. The molecule has 1 amide bonds. The number of carbonyl (C=O) groups excluding carboxylic acids is 1. The number of amides is 1. The van der Waals surface area contributed by atoms with Crippen LogP contribution in [0.1, 0.15) is 16.8 Å². The standard InChI is InChI=1S/C9H12BrN3O/c10-8-3-6(4-12-8)9(14)13-2-1-7(11)5-13/h3-4,7,12H,1-2,5,11H2/t7-/m1/s1. The first-order valence-electron chi connectivity index (χ1n) is 4.55. The van der Waals surface area contributed by atoms with Gasteiger partial charge in [-0.15, -0.1) is 0 Å². The van der Waals surface area contributed by atoms with Gasteiger partial charge in [-0.1, -0.05) is 0 Å². The number of likely N-dealkylation sites (tertiary alicyclic amines) is 1. The molecule has 76 valence electrons. The van der Waals surface area contributed by atoms with Crippen LogP contribution in [0.2, 0.25) is 0 Å². The number of aromatic nitrogens is 1. The quantitative estimate of drug-likeness (QED) is 0.787. The Hall–Kier alpha value is -0.810. The smallest absolute Gasteiger partial charge is 0.255 e. The summed E-state index contributed by atoms with van der Waals surface area (Å²) in [5.41, 5.74) is 6.42. The lowest BCUT2D eigenvalue weighted by molar-refractivity contribution is 0.0791. The van der Waals surface area contributed by atoms with Crippen molar-refractivity contribution in [2.45, 2.75) is 12.5 Å². The summed E-state index contributed by atoms with van der Waals surface area (Å²) in [5, 5.41) is 0. The second kappa shape index (κ2) is 3.74. The molecule has 0 spiro atoms. The molecule has 1 aliphatic rings. The van der Waals surface area contributed by atoms with E-state index in [2.05, 4.69) is 20.9 Å². The number of hydrogen-bond donors (Lipinski definition) is 2. The van der Waals surface area contributed by atoms with Crippen LogP contribution < -0.4 is 5.73 Å². The van der Waals surface area contributed by atoms with Crippen LogP contribution in [-0.2, 0) is 0 Å². The molecule has 1 atom stereocenters. The molecule has 0 unspecified atom stereocenters. The zero-order valence-corrected chi connectivity index (χ0v) is 9.25. The van der Waals surface area contributed by atoms with Gasteiger partial charge in [0.25, 0.3) is 5.91 Å². The lowest BCUT2D eigenvalue weighted by Gasteiger charge is -2.14. The van der Waals surface area contributed by atoms with Crippen LogP contribution >= 0.6 is 15.9 Å². The van der Waals surface area contributed by atoms with Gasteiger partial charge in [0.2, 0.25) is 0 Å². The maximum atomic E-state index is 11.8. The van der Waals surface area contributed by atoms with Crippen molar-refractivity contribution in [1.82, 2.24) is 9.88 Å². The summed E-state index contributed by atoms with van der Waals surface area (Å²) in [6.07, 6.45) is 2.60. The second-order valence-corrected chi connectivity index (χ2v) is 4.39. The van der Waals surface area contributed by atoms with Gasteiger partial charge in [-0.25, -0.2) is 0 Å². The predicted octanol–water partition coefficient (Wildman–Crippen LogP) is 0.950. The molecular weight excluding hydrogens is 246 g/mol. The van der Waals surface area contributed by atoms with Gasteiger partial charge >= 0.3 is 0 Å². The number of H-pyrrole nitrogens is 1. The van der Waals surface area contributed by atoms with Crippen molar-refractivity contribution in [3.8, 4) is 0 Å². The fourth-order valence-electron chi connectivity index (χ4n) is 1.64. The topological polar surface area (TPSA) is 62.1 Å². The highest BCUT2D eigenvalue weighted by molar-refractivity contribution is 9.10. The molecule has 1 saturated heterocycles. The molecule has 1 aromatic heterocycles. The second-order valence-electron chi connectivity index (χ2n) is 3.54. The summed E-state index contributed by atoms with van der Waals surface area (Å²) < 4.78 is 0.823. The Bertz CT molecular complexity index is 350. The molecule has 0 bridgehead atoms. The van der Waals surface area contributed by atoms with E-state index in [1.807, 2.05) is 0 Å². The maximum Gasteiger partial charge on any atom is 0.255 e. The Kier molecular flexibility index (Phi) is 2.60. The van der Waals surface area contributed by atoms with E-state index in [4.69, 9.17) is 5.73 Å². The summed E-state index contributed by atoms with van der Waals surface area (Å²) in [6.45, 7) is 1.43. The molecule has 0 aromatic carbocycles. The van der Waals surface area contributed by atoms with Gasteiger partial charge in [-0.2, -0.15) is 0 Å². The molecular formula is C9H12BrN3O. The fourth-order valence-corrected chi connectivity index (χ4v) is 2.01. The normalized spacial score (nSPS) is 21.6. The summed E-state index contributed by atoms with van der Waals surface area (Å²) in [4.78, 5) is 16.5. The minimum absolute atomic E-state index is 0.0555. The molecule has 3 N–H and O–H groups in total. The van der Waals surface area contributed by atoms with E-state index in [9.17, 15) is 4.79 Å². The Balaban J connectivity index is 2.09. The van der Waals surface area contributed by atoms with Crippen molar-refractivity contribution in [3.63, 3.8) is 0 Å². The summed E-state index contributed by atoms with van der Waals surface area (Å²) in [5.74, 6) is 0.0555. The molecule has 0 radical (unpaired) electrons. The number of halogens is 1. The molecule has 1 aliphatic heterocycles. The largest absolute Gasteiger partial charge is 0.355 e. The minimum Gasteiger partial charge on any atom is -0.355 e. The Morgan fingerprint density at radius 2 is 2.50 bits per heavy atom. The molecule has 14 heavy (non-hydrogen) atoms. The van der Waals surface area contributed by atoms with Gasteiger partial charge in [0.1, 0.15) is 0 Å². The lowest BCUT2D eigenvalue weighted by Crippen LogP contribution is -2.31. The highest BCUT2D eigenvalue weighted by Crippen LogP contribution is 2.15. The lowest BCUT2D eigenvalue weighted by atomic mass is 10.3. The van der Waals surface area contributed by atoms with Crippen LogP contribution in [0, 0.1) is 0 Å². The SMILES string of the molecule is N[C@@H]1CCN(C(=O)c2c[nH]c(Br)c2)C1. The highest BCUT2D eigenvalue weighted by atomic mass is 79.9. The van der Waals surface area contributed by atoms with Crippen molar-refractivity contribution in [3.05, 3.63) is 22.4 Å².